The van der Waals surface area contributed by atoms with Crippen LogP contribution in [0.3, 0.4) is 0 Å². The number of carboxylic acid groups (broad SMARTS) is 1. The summed E-state index contributed by atoms with van der Waals surface area (Å²) in [5.41, 5.74) is 1.43. The van der Waals surface area contributed by atoms with E-state index in [0.29, 0.717) is 6.42 Å². The number of hydrogen-bond donors (Lipinski definition) is 1. The molecule has 21 heavy (non-hydrogen) atoms. The Kier molecular flexibility index (Phi) is 9.60. The molecular weight excluding hydrogens is 260 g/mol. The van der Waals surface area contributed by atoms with Crippen molar-refractivity contribution in [3.8, 4) is 0 Å². The van der Waals surface area contributed by atoms with Gasteiger partial charge in [0.1, 0.15) is 0 Å². The summed E-state index contributed by atoms with van der Waals surface area (Å²) < 4.78 is 0. The van der Waals surface area contributed by atoms with Gasteiger partial charge in [0.25, 0.3) is 0 Å². The molecule has 1 N–H and O–H groups in total. The smallest absolute Gasteiger partial charge is 0.303 e. The van der Waals surface area contributed by atoms with Crippen LogP contribution in [0.25, 0.3) is 0 Å². The zero-order valence-electron chi connectivity index (χ0n) is 13.4. The van der Waals surface area contributed by atoms with Gasteiger partial charge in [-0.3, -0.25) is 4.79 Å². The van der Waals surface area contributed by atoms with Gasteiger partial charge in [-0.15, -0.1) is 0 Å². The lowest BCUT2D eigenvalue weighted by atomic mass is 9.89. The Morgan fingerprint density at radius 3 is 2.29 bits per heavy atom. The van der Waals surface area contributed by atoms with E-state index in [-0.39, 0.29) is 0 Å². The Morgan fingerprint density at radius 1 is 1.00 bits per heavy atom. The second-order valence-electron chi connectivity index (χ2n) is 6.04. The van der Waals surface area contributed by atoms with Gasteiger partial charge in [0.2, 0.25) is 0 Å². The molecule has 0 amide bonds. The summed E-state index contributed by atoms with van der Waals surface area (Å²) in [5, 5.41) is 8.66. The summed E-state index contributed by atoms with van der Waals surface area (Å²) in [4.78, 5) is 10.5. The number of hydrogen-bond acceptors (Lipinski definition) is 1. The maximum Gasteiger partial charge on any atom is 0.303 e. The van der Waals surface area contributed by atoms with E-state index < -0.39 is 5.97 Å². The second kappa shape index (κ2) is 11.4. The molecule has 0 aliphatic rings. The number of unbranched alkanes of at least 4 members (excludes halogenated alkanes) is 4. The van der Waals surface area contributed by atoms with Crippen molar-refractivity contribution in [2.75, 3.05) is 0 Å². The van der Waals surface area contributed by atoms with Crippen LogP contribution in [0.1, 0.15) is 70.3 Å². The van der Waals surface area contributed by atoms with Crippen molar-refractivity contribution in [3.05, 3.63) is 35.9 Å². The quantitative estimate of drug-likeness (QED) is 0.519. The molecule has 1 rings (SSSR count). The largest absolute Gasteiger partial charge is 0.481 e. The van der Waals surface area contributed by atoms with Crippen molar-refractivity contribution in [1.29, 1.82) is 0 Å². The van der Waals surface area contributed by atoms with E-state index in [1.807, 2.05) is 0 Å². The van der Waals surface area contributed by atoms with E-state index in [0.717, 1.165) is 25.2 Å². The Hall–Kier alpha value is -1.31. The molecule has 0 aromatic heterocycles. The number of benzene rings is 1. The molecular formula is C19H30O2. The first-order valence-corrected chi connectivity index (χ1v) is 8.48. The summed E-state index contributed by atoms with van der Waals surface area (Å²) >= 11 is 0. The summed E-state index contributed by atoms with van der Waals surface area (Å²) in [6.45, 7) is 2.25. The zero-order valence-corrected chi connectivity index (χ0v) is 13.4. The normalized spacial score (nSPS) is 12.2. The molecule has 118 valence electrons. The zero-order chi connectivity index (χ0) is 15.3. The average molecular weight is 290 g/mol. The van der Waals surface area contributed by atoms with E-state index in [2.05, 4.69) is 37.3 Å². The first kappa shape index (κ1) is 17.7. The van der Waals surface area contributed by atoms with Crippen LogP contribution in [0.5, 0.6) is 0 Å². The topological polar surface area (TPSA) is 37.3 Å². The van der Waals surface area contributed by atoms with Gasteiger partial charge in [-0.25, -0.2) is 0 Å². The highest BCUT2D eigenvalue weighted by molar-refractivity contribution is 5.66. The van der Waals surface area contributed by atoms with Gasteiger partial charge < -0.3 is 5.11 Å². The summed E-state index contributed by atoms with van der Waals surface area (Å²) in [5.74, 6) is 0.0857. The lowest BCUT2D eigenvalue weighted by molar-refractivity contribution is -0.137. The third-order valence-electron chi connectivity index (χ3n) is 4.09. The molecule has 0 saturated carbocycles. The van der Waals surface area contributed by atoms with E-state index in [1.54, 1.807) is 0 Å². The van der Waals surface area contributed by atoms with Gasteiger partial charge in [-0.05, 0) is 24.3 Å². The highest BCUT2D eigenvalue weighted by Gasteiger charge is 2.09. The molecule has 0 bridgehead atoms. The Labute approximate surface area is 129 Å². The number of carboxylic acids is 1. The molecule has 2 nitrogen and oxygen atoms in total. The van der Waals surface area contributed by atoms with Crippen LogP contribution in [-0.4, -0.2) is 11.1 Å². The number of aliphatic carboxylic acids is 1. The molecule has 0 heterocycles. The minimum absolute atomic E-state index is 0.319. The average Bonchev–Trinajstić information content (AvgIpc) is 2.47. The summed E-state index contributed by atoms with van der Waals surface area (Å²) in [6.07, 6.45) is 11.0. The summed E-state index contributed by atoms with van der Waals surface area (Å²) in [6, 6.07) is 10.7. The lowest BCUT2D eigenvalue weighted by Gasteiger charge is -2.17. The molecule has 1 aromatic rings. The second-order valence-corrected chi connectivity index (χ2v) is 6.04. The fraction of sp³-hybridized carbons (Fsp3) is 0.632. The summed E-state index contributed by atoms with van der Waals surface area (Å²) in [7, 11) is 0. The lowest BCUT2D eigenvalue weighted by Crippen LogP contribution is -2.05. The highest BCUT2D eigenvalue weighted by Crippen LogP contribution is 2.22. The van der Waals surface area contributed by atoms with E-state index >= 15 is 0 Å². The maximum absolute atomic E-state index is 10.5. The first-order valence-electron chi connectivity index (χ1n) is 8.48. The fourth-order valence-electron chi connectivity index (χ4n) is 2.86. The van der Waals surface area contributed by atoms with Crippen molar-refractivity contribution in [2.24, 2.45) is 5.92 Å². The third kappa shape index (κ3) is 9.28. The Bertz CT molecular complexity index is 372. The predicted octanol–water partition coefficient (Wildman–Crippen LogP) is 5.46. The highest BCUT2D eigenvalue weighted by atomic mass is 16.4. The van der Waals surface area contributed by atoms with Crippen molar-refractivity contribution in [3.63, 3.8) is 0 Å². The molecule has 2 heteroatoms. The standard InChI is InChI=1S/C19H30O2/c1-2-3-6-11-17(14-9-5-10-15-19(20)21)16-18-12-7-4-8-13-18/h4,7-8,12-13,17H,2-3,5-6,9-11,14-16H2,1H3,(H,20,21). The minimum Gasteiger partial charge on any atom is -0.481 e. The van der Waals surface area contributed by atoms with Crippen molar-refractivity contribution < 1.29 is 9.90 Å². The Morgan fingerprint density at radius 2 is 1.67 bits per heavy atom. The minimum atomic E-state index is -0.668. The Balaban J connectivity index is 2.31. The van der Waals surface area contributed by atoms with E-state index in [4.69, 9.17) is 5.11 Å². The van der Waals surface area contributed by atoms with Crippen LogP contribution in [0.2, 0.25) is 0 Å². The van der Waals surface area contributed by atoms with E-state index in [1.165, 1.54) is 44.1 Å². The third-order valence-corrected chi connectivity index (χ3v) is 4.09. The molecule has 0 fully saturated rings. The van der Waals surface area contributed by atoms with Crippen LogP contribution >= 0.6 is 0 Å². The molecule has 1 atom stereocenters. The van der Waals surface area contributed by atoms with E-state index in [9.17, 15) is 4.79 Å². The van der Waals surface area contributed by atoms with Crippen LogP contribution in [0.15, 0.2) is 30.3 Å². The van der Waals surface area contributed by atoms with Gasteiger partial charge in [0.15, 0.2) is 0 Å². The molecule has 0 aliphatic heterocycles. The fourth-order valence-corrected chi connectivity index (χ4v) is 2.86. The van der Waals surface area contributed by atoms with Crippen LogP contribution in [0, 0.1) is 5.92 Å². The molecule has 0 spiro atoms. The van der Waals surface area contributed by atoms with Gasteiger partial charge in [0.05, 0.1) is 0 Å². The van der Waals surface area contributed by atoms with Gasteiger partial charge >= 0.3 is 5.97 Å². The van der Waals surface area contributed by atoms with Gasteiger partial charge in [-0.2, -0.15) is 0 Å². The van der Waals surface area contributed by atoms with Crippen LogP contribution in [0.4, 0.5) is 0 Å². The van der Waals surface area contributed by atoms with Crippen molar-refractivity contribution in [1.82, 2.24) is 0 Å². The number of carbonyl (C=O) groups is 1. The monoisotopic (exact) mass is 290 g/mol. The molecule has 1 unspecified atom stereocenters. The molecule has 0 radical (unpaired) electrons. The SMILES string of the molecule is CCCCCC(CCCCCC(=O)O)Cc1ccccc1. The van der Waals surface area contributed by atoms with Gasteiger partial charge in [0, 0.05) is 6.42 Å². The van der Waals surface area contributed by atoms with Crippen molar-refractivity contribution >= 4 is 5.97 Å². The predicted molar refractivity (Wildman–Crippen MR) is 88.5 cm³/mol. The molecule has 0 saturated heterocycles. The van der Waals surface area contributed by atoms with Gasteiger partial charge in [-0.1, -0.05) is 82.2 Å². The van der Waals surface area contributed by atoms with Crippen LogP contribution < -0.4 is 0 Å². The molecule has 1 aromatic carbocycles. The van der Waals surface area contributed by atoms with Crippen LogP contribution in [-0.2, 0) is 11.2 Å². The first-order chi connectivity index (χ1) is 10.2. The molecule has 0 aliphatic carbocycles. The van der Waals surface area contributed by atoms with Crippen molar-refractivity contribution in [2.45, 2.75) is 71.1 Å². The maximum atomic E-state index is 10.5. The number of rotatable bonds is 12.